The van der Waals surface area contributed by atoms with E-state index in [1.165, 1.54) is 4.90 Å². The van der Waals surface area contributed by atoms with Crippen molar-refractivity contribution in [2.75, 3.05) is 32.7 Å². The number of urea groups is 1. The minimum absolute atomic E-state index is 0. The van der Waals surface area contributed by atoms with Crippen LogP contribution in [0.25, 0.3) is 0 Å². The van der Waals surface area contributed by atoms with Crippen molar-refractivity contribution in [3.8, 4) is 11.5 Å². The van der Waals surface area contributed by atoms with Gasteiger partial charge < -0.3 is 20.1 Å². The quantitative estimate of drug-likeness (QED) is 0.683. The van der Waals surface area contributed by atoms with E-state index in [2.05, 4.69) is 18.0 Å². The van der Waals surface area contributed by atoms with Crippen LogP contribution in [0.1, 0.15) is 31.2 Å². The predicted molar refractivity (Wildman–Crippen MR) is 126 cm³/mol. The topological polar surface area (TPSA) is 68.0 Å². The second-order valence-electron chi connectivity index (χ2n) is 8.70. The summed E-state index contributed by atoms with van der Waals surface area (Å²) in [4.78, 5) is 15.9. The fourth-order valence-corrected chi connectivity index (χ4v) is 5.64. The van der Waals surface area contributed by atoms with Gasteiger partial charge >= 0.3 is 6.03 Å². The maximum absolute atomic E-state index is 14.5. The third-order valence-corrected chi connectivity index (χ3v) is 7.23. The van der Waals surface area contributed by atoms with Gasteiger partial charge in [-0.1, -0.05) is 6.07 Å². The third-order valence-electron chi connectivity index (χ3n) is 7.23. The van der Waals surface area contributed by atoms with Crippen molar-refractivity contribution in [3.63, 3.8) is 0 Å². The molecule has 1 aliphatic heterocycles. The average Bonchev–Trinajstić information content (AvgIpc) is 3.13. The summed E-state index contributed by atoms with van der Waals surface area (Å²) in [5, 5.41) is 0. The van der Waals surface area contributed by atoms with Crippen molar-refractivity contribution in [2.24, 2.45) is 5.73 Å². The van der Waals surface area contributed by atoms with Crippen LogP contribution in [0.3, 0.4) is 0 Å². The fraction of sp³-hybridized carbons (Fsp3) is 0.458. The number of nitrogens with zero attached hydrogens (tertiary/aromatic N) is 2. The first-order valence-corrected chi connectivity index (χ1v) is 10.8. The van der Waals surface area contributed by atoms with Crippen molar-refractivity contribution >= 4 is 24.1 Å². The molecule has 1 aliphatic carbocycles. The molecule has 0 aromatic heterocycles. The number of hydrogen-bond acceptors (Lipinski definition) is 4. The van der Waals surface area contributed by atoms with Gasteiger partial charge in [-0.25, -0.2) is 13.6 Å². The summed E-state index contributed by atoms with van der Waals surface area (Å²) in [6, 6.07) is 8.12. The molecule has 0 spiro atoms. The lowest BCUT2D eigenvalue weighted by Gasteiger charge is -2.47. The number of amides is 2. The second-order valence-corrected chi connectivity index (χ2v) is 8.70. The van der Waals surface area contributed by atoms with Crippen LogP contribution in [0, 0.1) is 11.6 Å². The number of likely N-dealkylation sites (tertiary alicyclic amines) is 1. The summed E-state index contributed by atoms with van der Waals surface area (Å²) in [6.07, 6.45) is 2.96. The van der Waals surface area contributed by atoms with E-state index in [1.807, 2.05) is 12.1 Å². The smallest absolute Gasteiger partial charge is 0.319 e. The van der Waals surface area contributed by atoms with E-state index in [-0.39, 0.29) is 35.6 Å². The Hall–Kier alpha value is -2.58. The summed E-state index contributed by atoms with van der Waals surface area (Å²) >= 11 is 0. The maximum atomic E-state index is 14.5. The molecule has 2 aliphatic rings. The molecule has 0 bridgehead atoms. The minimum atomic E-state index is -0.779. The van der Waals surface area contributed by atoms with Gasteiger partial charge in [-0.05, 0) is 69.1 Å². The highest BCUT2D eigenvalue weighted by molar-refractivity contribution is 5.91. The Morgan fingerprint density at radius 3 is 2.52 bits per heavy atom. The highest BCUT2D eigenvalue weighted by Crippen LogP contribution is 2.51. The molecule has 6 nitrogen and oxygen atoms in total. The van der Waals surface area contributed by atoms with Gasteiger partial charge in [0.15, 0.2) is 11.5 Å². The Labute approximate surface area is 199 Å². The summed E-state index contributed by atoms with van der Waals surface area (Å²) in [5.41, 5.74) is 6.58. The van der Waals surface area contributed by atoms with Crippen LogP contribution in [0.4, 0.5) is 19.3 Å². The first kappa shape index (κ1) is 25.1. The number of methoxy groups -OCH3 is 2. The van der Waals surface area contributed by atoms with Crippen molar-refractivity contribution in [1.29, 1.82) is 0 Å². The van der Waals surface area contributed by atoms with Gasteiger partial charge in [0, 0.05) is 23.6 Å². The van der Waals surface area contributed by atoms with Gasteiger partial charge in [0.25, 0.3) is 0 Å². The highest BCUT2D eigenvalue weighted by Gasteiger charge is 2.52. The Kier molecular flexibility index (Phi) is 7.39. The molecule has 2 aromatic carbocycles. The Bertz CT molecular complexity index is 1020. The largest absolute Gasteiger partial charge is 0.493 e. The molecule has 33 heavy (non-hydrogen) atoms. The molecule has 3 atom stereocenters. The Balaban J connectivity index is 0.00000306. The molecule has 0 unspecified atom stereocenters. The van der Waals surface area contributed by atoms with E-state index in [0.29, 0.717) is 24.3 Å². The standard InChI is InChI=1S/C24H29F2N3O3.ClH/c1-28-11-10-24(15-4-7-20(31-2)21(12-15)32-3)9-8-17(14-22(24)28)29(23(27)30)19-13-16(25)5-6-18(19)26;/h4-7,12-13,17,22H,8-11,14H2,1-3H3,(H2,27,30);1H/t17-,22+,24+;/m1./s1. The van der Waals surface area contributed by atoms with Crippen molar-refractivity contribution in [1.82, 2.24) is 4.90 Å². The molecule has 1 saturated heterocycles. The molecule has 9 heteroatoms. The molecule has 4 rings (SSSR count). The van der Waals surface area contributed by atoms with Crippen LogP contribution in [0.2, 0.25) is 0 Å². The first-order valence-electron chi connectivity index (χ1n) is 10.8. The number of anilines is 1. The van der Waals surface area contributed by atoms with E-state index in [9.17, 15) is 13.6 Å². The van der Waals surface area contributed by atoms with E-state index >= 15 is 0 Å². The van der Waals surface area contributed by atoms with Crippen LogP contribution >= 0.6 is 12.4 Å². The van der Waals surface area contributed by atoms with Crippen LogP contribution in [0.15, 0.2) is 36.4 Å². The number of benzene rings is 2. The second kappa shape index (κ2) is 9.73. The van der Waals surface area contributed by atoms with Crippen LogP contribution in [0.5, 0.6) is 11.5 Å². The monoisotopic (exact) mass is 481 g/mol. The highest BCUT2D eigenvalue weighted by atomic mass is 35.5. The molecule has 1 saturated carbocycles. The Morgan fingerprint density at radius 1 is 1.12 bits per heavy atom. The van der Waals surface area contributed by atoms with E-state index in [0.717, 1.165) is 43.1 Å². The number of fused-ring (bicyclic) bond motifs is 1. The zero-order chi connectivity index (χ0) is 23.0. The maximum Gasteiger partial charge on any atom is 0.319 e. The third kappa shape index (κ3) is 4.34. The molecule has 1 heterocycles. The first-order chi connectivity index (χ1) is 15.3. The number of likely N-dealkylation sites (N-methyl/N-ethyl adjacent to an activating group) is 1. The predicted octanol–water partition coefficient (Wildman–Crippen LogP) is 4.48. The van der Waals surface area contributed by atoms with Gasteiger partial charge in [-0.3, -0.25) is 4.90 Å². The molecule has 2 fully saturated rings. The number of carbonyl (C=O) groups excluding carboxylic acids is 1. The van der Waals surface area contributed by atoms with Gasteiger partial charge in [-0.15, -0.1) is 12.4 Å². The molecule has 2 N–H and O–H groups in total. The van der Waals surface area contributed by atoms with Crippen molar-refractivity contribution < 1.29 is 23.0 Å². The number of halogens is 3. The number of rotatable bonds is 5. The van der Waals surface area contributed by atoms with Crippen molar-refractivity contribution in [3.05, 3.63) is 53.6 Å². The van der Waals surface area contributed by atoms with Gasteiger partial charge in [0.2, 0.25) is 0 Å². The number of ether oxygens (including phenoxy) is 2. The zero-order valence-electron chi connectivity index (χ0n) is 19.0. The lowest BCUT2D eigenvalue weighted by molar-refractivity contribution is 0.163. The van der Waals surface area contributed by atoms with E-state index in [4.69, 9.17) is 15.2 Å². The van der Waals surface area contributed by atoms with Crippen molar-refractivity contribution in [2.45, 2.75) is 43.2 Å². The zero-order valence-corrected chi connectivity index (χ0v) is 19.8. The summed E-state index contributed by atoms with van der Waals surface area (Å²) in [5.74, 6) is 0.0731. The van der Waals surface area contributed by atoms with Gasteiger partial charge in [0.1, 0.15) is 11.6 Å². The molecule has 2 aromatic rings. The minimum Gasteiger partial charge on any atom is -0.493 e. The molecular weight excluding hydrogens is 452 g/mol. The normalized spacial score (nSPS) is 24.5. The summed E-state index contributed by atoms with van der Waals surface area (Å²) in [6.45, 7) is 0.899. The number of primary amides is 1. The molecule has 180 valence electrons. The van der Waals surface area contributed by atoms with E-state index < -0.39 is 17.7 Å². The SMILES string of the molecule is COc1ccc([C@@]23CC[C@@H](N(C(N)=O)c4cc(F)ccc4F)C[C@@H]2N(C)CC3)cc1OC.Cl. The molecule has 0 radical (unpaired) electrons. The number of nitrogens with two attached hydrogens (primary N) is 1. The molecular formula is C24H30ClF2N3O3. The molecule has 2 amide bonds. The summed E-state index contributed by atoms with van der Waals surface area (Å²) < 4.78 is 39.3. The van der Waals surface area contributed by atoms with Crippen LogP contribution < -0.4 is 20.1 Å². The lowest BCUT2D eigenvalue weighted by atomic mass is 9.64. The Morgan fingerprint density at radius 2 is 1.85 bits per heavy atom. The number of hydrogen-bond donors (Lipinski definition) is 1. The lowest BCUT2D eigenvalue weighted by Crippen LogP contribution is -2.54. The van der Waals surface area contributed by atoms with Crippen LogP contribution in [-0.2, 0) is 5.41 Å². The van der Waals surface area contributed by atoms with Crippen LogP contribution in [-0.4, -0.2) is 50.8 Å². The summed E-state index contributed by atoms with van der Waals surface area (Å²) in [7, 11) is 5.29. The van der Waals surface area contributed by atoms with Gasteiger partial charge in [0.05, 0.1) is 19.9 Å². The number of carbonyl (C=O) groups is 1. The fourth-order valence-electron chi connectivity index (χ4n) is 5.64. The average molecular weight is 482 g/mol. The van der Waals surface area contributed by atoms with E-state index in [1.54, 1.807) is 14.2 Å². The van der Waals surface area contributed by atoms with Gasteiger partial charge in [-0.2, -0.15) is 0 Å².